The number of nitrogens with zero attached hydrogens (tertiary/aromatic N) is 2. The molecule has 4 rings (SSSR count). The molecule has 1 amide bonds. The van der Waals surface area contributed by atoms with Crippen molar-refractivity contribution < 1.29 is 9.21 Å². The number of anilines is 2. The highest BCUT2D eigenvalue weighted by molar-refractivity contribution is 6.05. The van der Waals surface area contributed by atoms with Crippen LogP contribution in [0.4, 0.5) is 11.7 Å². The summed E-state index contributed by atoms with van der Waals surface area (Å²) in [5.41, 5.74) is 2.84. The monoisotopic (exact) mass is 399 g/mol. The molecular weight excluding hydrogens is 378 g/mol. The SMILES string of the molecule is Cc1c(NC(=O)c2ccccc2)ccc2nc(N(C)Cc3ccccc3)oc(=O)c12. The molecule has 0 atom stereocenters. The highest BCUT2D eigenvalue weighted by Gasteiger charge is 2.16. The lowest BCUT2D eigenvalue weighted by molar-refractivity contribution is 0.102. The Morgan fingerprint density at radius 3 is 2.37 bits per heavy atom. The van der Waals surface area contributed by atoms with Gasteiger partial charge in [-0.15, -0.1) is 0 Å². The molecule has 0 radical (unpaired) electrons. The highest BCUT2D eigenvalue weighted by atomic mass is 16.4. The van der Waals surface area contributed by atoms with Gasteiger partial charge in [-0.1, -0.05) is 48.5 Å². The van der Waals surface area contributed by atoms with E-state index in [-0.39, 0.29) is 11.9 Å². The van der Waals surface area contributed by atoms with Gasteiger partial charge in [-0.2, -0.15) is 4.98 Å². The number of rotatable bonds is 5. The van der Waals surface area contributed by atoms with Crippen molar-refractivity contribution in [1.29, 1.82) is 0 Å². The zero-order chi connectivity index (χ0) is 21.1. The molecule has 0 aliphatic rings. The number of carbonyl (C=O) groups is 1. The van der Waals surface area contributed by atoms with E-state index in [1.54, 1.807) is 48.2 Å². The number of nitrogens with one attached hydrogen (secondary N) is 1. The van der Waals surface area contributed by atoms with Gasteiger partial charge in [0, 0.05) is 24.8 Å². The highest BCUT2D eigenvalue weighted by Crippen LogP contribution is 2.24. The number of hydrogen-bond acceptors (Lipinski definition) is 5. The molecule has 6 heteroatoms. The van der Waals surface area contributed by atoms with Gasteiger partial charge in [0.05, 0.1) is 10.9 Å². The van der Waals surface area contributed by atoms with E-state index in [0.717, 1.165) is 5.56 Å². The van der Waals surface area contributed by atoms with E-state index in [9.17, 15) is 9.59 Å². The molecular formula is C24H21N3O3. The topological polar surface area (TPSA) is 75.4 Å². The molecule has 0 aliphatic heterocycles. The first-order chi connectivity index (χ1) is 14.5. The number of fused-ring (bicyclic) bond motifs is 1. The zero-order valence-electron chi connectivity index (χ0n) is 16.8. The first-order valence-corrected chi connectivity index (χ1v) is 9.59. The average molecular weight is 399 g/mol. The predicted octanol–water partition coefficient (Wildman–Crippen LogP) is 4.39. The summed E-state index contributed by atoms with van der Waals surface area (Å²) >= 11 is 0. The summed E-state index contributed by atoms with van der Waals surface area (Å²) in [6, 6.07) is 22.5. The third kappa shape index (κ3) is 3.93. The molecule has 150 valence electrons. The number of aromatic nitrogens is 1. The maximum absolute atomic E-state index is 12.7. The molecule has 0 saturated heterocycles. The first kappa shape index (κ1) is 19.4. The lowest BCUT2D eigenvalue weighted by Crippen LogP contribution is -2.20. The van der Waals surface area contributed by atoms with Gasteiger partial charge < -0.3 is 14.6 Å². The summed E-state index contributed by atoms with van der Waals surface area (Å²) in [5.74, 6) is -0.241. The third-order valence-corrected chi connectivity index (χ3v) is 4.92. The Labute approximate surface area is 173 Å². The van der Waals surface area contributed by atoms with Gasteiger partial charge in [0.1, 0.15) is 0 Å². The minimum absolute atomic E-state index is 0.241. The molecule has 0 unspecified atom stereocenters. The van der Waals surface area contributed by atoms with Crippen molar-refractivity contribution in [3.8, 4) is 0 Å². The van der Waals surface area contributed by atoms with E-state index in [0.29, 0.717) is 34.3 Å². The van der Waals surface area contributed by atoms with Crippen LogP contribution in [0.5, 0.6) is 0 Å². The lowest BCUT2D eigenvalue weighted by atomic mass is 10.1. The lowest BCUT2D eigenvalue weighted by Gasteiger charge is -2.17. The molecule has 6 nitrogen and oxygen atoms in total. The zero-order valence-corrected chi connectivity index (χ0v) is 16.8. The second kappa shape index (κ2) is 8.21. The van der Waals surface area contributed by atoms with Crippen molar-refractivity contribution in [2.24, 2.45) is 0 Å². The summed E-state index contributed by atoms with van der Waals surface area (Å²) in [4.78, 5) is 31.5. The quantitative estimate of drug-likeness (QED) is 0.539. The van der Waals surface area contributed by atoms with E-state index in [2.05, 4.69) is 10.3 Å². The van der Waals surface area contributed by atoms with Crippen LogP contribution in [0.1, 0.15) is 21.5 Å². The van der Waals surface area contributed by atoms with Gasteiger partial charge in [0.2, 0.25) is 0 Å². The Hall–Kier alpha value is -3.93. The number of amides is 1. The van der Waals surface area contributed by atoms with Crippen LogP contribution < -0.4 is 15.8 Å². The fourth-order valence-corrected chi connectivity index (χ4v) is 3.32. The minimum Gasteiger partial charge on any atom is -0.389 e. The third-order valence-electron chi connectivity index (χ3n) is 4.92. The van der Waals surface area contributed by atoms with E-state index in [1.165, 1.54) is 0 Å². The predicted molar refractivity (Wildman–Crippen MR) is 118 cm³/mol. The number of aryl methyl sites for hydroxylation is 1. The second-order valence-electron chi connectivity index (χ2n) is 7.08. The van der Waals surface area contributed by atoms with Crippen molar-refractivity contribution in [1.82, 2.24) is 4.98 Å². The Morgan fingerprint density at radius 1 is 1.00 bits per heavy atom. The average Bonchev–Trinajstić information content (AvgIpc) is 2.76. The van der Waals surface area contributed by atoms with Gasteiger partial charge in [-0.25, -0.2) is 4.79 Å². The van der Waals surface area contributed by atoms with Crippen molar-refractivity contribution in [3.05, 3.63) is 99.9 Å². The summed E-state index contributed by atoms with van der Waals surface area (Å²) in [6.07, 6.45) is 0. The normalized spacial score (nSPS) is 10.7. The summed E-state index contributed by atoms with van der Waals surface area (Å²) in [5, 5.41) is 3.22. The van der Waals surface area contributed by atoms with Crippen molar-refractivity contribution in [2.75, 3.05) is 17.3 Å². The van der Waals surface area contributed by atoms with Gasteiger partial charge in [-0.3, -0.25) is 4.79 Å². The molecule has 0 saturated carbocycles. The summed E-state index contributed by atoms with van der Waals surface area (Å²) in [6.45, 7) is 2.33. The van der Waals surface area contributed by atoms with E-state index >= 15 is 0 Å². The second-order valence-corrected chi connectivity index (χ2v) is 7.08. The van der Waals surface area contributed by atoms with Crippen LogP contribution in [0.15, 0.2) is 82.0 Å². The van der Waals surface area contributed by atoms with Crippen molar-refractivity contribution in [2.45, 2.75) is 13.5 Å². The van der Waals surface area contributed by atoms with E-state index in [1.807, 2.05) is 43.4 Å². The molecule has 4 aromatic rings. The standard InChI is InChI=1S/C24H21N3O3/c1-16-19(25-22(28)18-11-7-4-8-12-18)13-14-20-21(16)23(29)30-24(26-20)27(2)15-17-9-5-3-6-10-17/h3-14H,15H2,1-2H3,(H,25,28). The Kier molecular flexibility index (Phi) is 5.30. The molecule has 0 spiro atoms. The van der Waals surface area contributed by atoms with Crippen LogP contribution in [0.25, 0.3) is 10.9 Å². The fraction of sp³-hybridized carbons (Fsp3) is 0.125. The number of carbonyl (C=O) groups excluding carboxylic acids is 1. The van der Waals surface area contributed by atoms with Gasteiger partial charge in [0.25, 0.3) is 5.91 Å². The molecule has 1 heterocycles. The van der Waals surface area contributed by atoms with Crippen LogP contribution in [-0.4, -0.2) is 17.9 Å². The fourth-order valence-electron chi connectivity index (χ4n) is 3.32. The molecule has 0 aliphatic carbocycles. The maximum Gasteiger partial charge on any atom is 0.348 e. The number of benzene rings is 3. The van der Waals surface area contributed by atoms with Crippen LogP contribution >= 0.6 is 0 Å². The molecule has 3 aromatic carbocycles. The maximum atomic E-state index is 12.7. The Balaban J connectivity index is 1.64. The van der Waals surface area contributed by atoms with Crippen molar-refractivity contribution >= 4 is 28.5 Å². The first-order valence-electron chi connectivity index (χ1n) is 9.59. The van der Waals surface area contributed by atoms with Crippen LogP contribution in [0.2, 0.25) is 0 Å². The van der Waals surface area contributed by atoms with Crippen LogP contribution in [-0.2, 0) is 6.54 Å². The molecule has 0 bridgehead atoms. The van der Waals surface area contributed by atoms with Crippen LogP contribution in [0, 0.1) is 6.92 Å². The van der Waals surface area contributed by atoms with E-state index < -0.39 is 5.63 Å². The molecule has 1 aromatic heterocycles. The van der Waals surface area contributed by atoms with Crippen LogP contribution in [0.3, 0.4) is 0 Å². The number of hydrogen-bond donors (Lipinski definition) is 1. The van der Waals surface area contributed by atoms with E-state index in [4.69, 9.17) is 4.42 Å². The van der Waals surface area contributed by atoms with Crippen molar-refractivity contribution in [3.63, 3.8) is 0 Å². The summed E-state index contributed by atoms with van der Waals surface area (Å²) in [7, 11) is 1.82. The molecule has 30 heavy (non-hydrogen) atoms. The van der Waals surface area contributed by atoms with Gasteiger partial charge in [-0.05, 0) is 42.3 Å². The summed E-state index contributed by atoms with van der Waals surface area (Å²) < 4.78 is 5.50. The smallest absolute Gasteiger partial charge is 0.348 e. The van der Waals surface area contributed by atoms with Gasteiger partial charge in [0.15, 0.2) is 0 Å². The molecule has 0 fully saturated rings. The Bertz CT molecular complexity index is 1250. The minimum atomic E-state index is -0.483. The van der Waals surface area contributed by atoms with Gasteiger partial charge >= 0.3 is 11.6 Å². The molecule has 1 N–H and O–H groups in total. The Morgan fingerprint density at radius 2 is 1.67 bits per heavy atom. The largest absolute Gasteiger partial charge is 0.389 e.